The van der Waals surface area contributed by atoms with E-state index >= 15 is 0 Å². The summed E-state index contributed by atoms with van der Waals surface area (Å²) in [4.78, 5) is 36.3. The number of carbonyl (C=O) groups excluding carboxylic acids is 3. The van der Waals surface area contributed by atoms with E-state index in [9.17, 15) is 14.4 Å². The number of esters is 3. The molecule has 3 aromatic rings. The predicted molar refractivity (Wildman–Crippen MR) is 115 cm³/mol. The minimum absolute atomic E-state index is 0.0841. The number of hydrogen-bond donors (Lipinski definition) is 1. The maximum absolute atomic E-state index is 12.7. The van der Waals surface area contributed by atoms with Gasteiger partial charge in [0.25, 0.3) is 0 Å². The van der Waals surface area contributed by atoms with Gasteiger partial charge in [-0.3, -0.25) is 0 Å². The van der Waals surface area contributed by atoms with Crippen molar-refractivity contribution in [2.45, 2.75) is 6.92 Å². The van der Waals surface area contributed by atoms with Crippen LogP contribution in [0.1, 0.15) is 17.3 Å². The van der Waals surface area contributed by atoms with Gasteiger partial charge in [-0.15, -0.1) is 0 Å². The lowest BCUT2D eigenvalue weighted by Gasteiger charge is -2.11. The number of anilines is 1. The molecule has 0 saturated heterocycles. The quantitative estimate of drug-likeness (QED) is 0.354. The van der Waals surface area contributed by atoms with Crippen LogP contribution in [0.25, 0.3) is 16.6 Å². The van der Waals surface area contributed by atoms with Crippen molar-refractivity contribution >= 4 is 29.1 Å². The third kappa shape index (κ3) is 4.75. The Labute approximate surface area is 179 Å². The van der Waals surface area contributed by atoms with Gasteiger partial charge in [0.2, 0.25) is 0 Å². The van der Waals surface area contributed by atoms with Crippen LogP contribution in [-0.4, -0.2) is 43.1 Å². The summed E-state index contributed by atoms with van der Waals surface area (Å²) in [6.45, 7) is 2.01. The minimum Gasteiger partial charge on any atom is -0.466 e. The minimum atomic E-state index is -0.724. The van der Waals surface area contributed by atoms with Gasteiger partial charge in [-0.25, -0.2) is 14.4 Å². The highest BCUT2D eigenvalue weighted by Gasteiger charge is 2.20. The second-order valence-corrected chi connectivity index (χ2v) is 6.41. The lowest BCUT2D eigenvalue weighted by Crippen LogP contribution is -2.15. The highest BCUT2D eigenvalue weighted by atomic mass is 16.5. The largest absolute Gasteiger partial charge is 0.466 e. The summed E-state index contributed by atoms with van der Waals surface area (Å²) in [7, 11) is 2.42. The van der Waals surface area contributed by atoms with E-state index in [2.05, 4.69) is 10.1 Å². The SMILES string of the molecule is CCOC(=O)c1c(-c2cccc(N/C(=C/C(=O)OC)C(=O)OC)c2)cn2ccccc12. The monoisotopic (exact) mass is 422 g/mol. The molecule has 0 saturated carbocycles. The second kappa shape index (κ2) is 9.62. The molecule has 0 fully saturated rings. The summed E-state index contributed by atoms with van der Waals surface area (Å²) in [6, 6.07) is 12.6. The molecule has 0 bridgehead atoms. The number of pyridine rings is 1. The Morgan fingerprint density at radius 3 is 2.58 bits per heavy atom. The average Bonchev–Trinajstić information content (AvgIpc) is 3.18. The van der Waals surface area contributed by atoms with Crippen molar-refractivity contribution in [2.24, 2.45) is 0 Å². The molecule has 8 heteroatoms. The van der Waals surface area contributed by atoms with Crippen LogP contribution in [-0.2, 0) is 23.8 Å². The topological polar surface area (TPSA) is 95.3 Å². The molecule has 0 aliphatic rings. The highest BCUT2D eigenvalue weighted by Crippen LogP contribution is 2.31. The molecule has 0 aliphatic heterocycles. The number of carbonyl (C=O) groups is 3. The summed E-state index contributed by atoms with van der Waals surface area (Å²) < 4.78 is 16.4. The first-order valence-corrected chi connectivity index (χ1v) is 9.50. The first kappa shape index (κ1) is 21.6. The van der Waals surface area contributed by atoms with Crippen LogP contribution in [0.4, 0.5) is 5.69 Å². The molecule has 1 N–H and O–H groups in total. The maximum Gasteiger partial charge on any atom is 0.354 e. The molecule has 8 nitrogen and oxygen atoms in total. The highest BCUT2D eigenvalue weighted by molar-refractivity contribution is 6.05. The average molecular weight is 422 g/mol. The number of fused-ring (bicyclic) bond motifs is 1. The van der Waals surface area contributed by atoms with E-state index in [1.165, 1.54) is 14.2 Å². The van der Waals surface area contributed by atoms with Crippen molar-refractivity contribution in [3.63, 3.8) is 0 Å². The molecule has 0 radical (unpaired) electrons. The summed E-state index contributed by atoms with van der Waals surface area (Å²) in [5.41, 5.74) is 2.99. The molecule has 0 spiro atoms. The fourth-order valence-electron chi connectivity index (χ4n) is 3.11. The Kier molecular flexibility index (Phi) is 6.71. The smallest absolute Gasteiger partial charge is 0.354 e. The van der Waals surface area contributed by atoms with Crippen molar-refractivity contribution in [3.05, 3.63) is 72.2 Å². The molecule has 31 heavy (non-hydrogen) atoms. The van der Waals surface area contributed by atoms with Gasteiger partial charge in [0.1, 0.15) is 5.70 Å². The number of nitrogens with one attached hydrogen (secondary N) is 1. The maximum atomic E-state index is 12.7. The van der Waals surface area contributed by atoms with Crippen molar-refractivity contribution in [2.75, 3.05) is 26.1 Å². The third-order valence-electron chi connectivity index (χ3n) is 4.48. The zero-order valence-electron chi connectivity index (χ0n) is 17.4. The van der Waals surface area contributed by atoms with Crippen LogP contribution in [0.5, 0.6) is 0 Å². The fourth-order valence-corrected chi connectivity index (χ4v) is 3.11. The molecular weight excluding hydrogens is 400 g/mol. The third-order valence-corrected chi connectivity index (χ3v) is 4.48. The van der Waals surface area contributed by atoms with E-state index < -0.39 is 17.9 Å². The number of rotatable bonds is 7. The summed E-state index contributed by atoms with van der Waals surface area (Å²) in [5, 5.41) is 2.88. The number of ether oxygens (including phenoxy) is 3. The van der Waals surface area contributed by atoms with Crippen LogP contribution in [0.3, 0.4) is 0 Å². The predicted octanol–water partition coefficient (Wildman–Crippen LogP) is 3.42. The number of aromatic nitrogens is 1. The van der Waals surface area contributed by atoms with E-state index in [4.69, 9.17) is 9.47 Å². The number of benzene rings is 1. The normalized spacial score (nSPS) is 11.1. The molecule has 2 aromatic heterocycles. The van der Waals surface area contributed by atoms with Gasteiger partial charge >= 0.3 is 17.9 Å². The Bertz CT molecular complexity index is 1160. The lowest BCUT2D eigenvalue weighted by atomic mass is 10.0. The van der Waals surface area contributed by atoms with E-state index in [0.717, 1.165) is 17.2 Å². The molecule has 3 rings (SSSR count). The first-order chi connectivity index (χ1) is 15.0. The van der Waals surface area contributed by atoms with Crippen LogP contribution in [0.15, 0.2) is 66.6 Å². The molecule has 0 unspecified atom stereocenters. The lowest BCUT2D eigenvalue weighted by molar-refractivity contribution is -0.138. The van der Waals surface area contributed by atoms with Crippen LogP contribution in [0.2, 0.25) is 0 Å². The Morgan fingerprint density at radius 1 is 1.06 bits per heavy atom. The zero-order valence-corrected chi connectivity index (χ0v) is 17.4. The molecule has 1 aromatic carbocycles. The number of hydrogen-bond acceptors (Lipinski definition) is 7. The van der Waals surface area contributed by atoms with Crippen molar-refractivity contribution in [3.8, 4) is 11.1 Å². The molecule has 2 heterocycles. The number of nitrogens with zero attached hydrogens (tertiary/aromatic N) is 1. The van der Waals surface area contributed by atoms with Crippen LogP contribution < -0.4 is 5.32 Å². The summed E-state index contributed by atoms with van der Waals surface area (Å²) in [6.07, 6.45) is 4.69. The van der Waals surface area contributed by atoms with Crippen molar-refractivity contribution in [1.29, 1.82) is 0 Å². The Hall–Kier alpha value is -4.07. The standard InChI is InChI=1S/C23H22N2O6/c1-4-31-23(28)21-17(14-25-11-6-5-10-19(21)25)15-8-7-9-16(12-15)24-18(22(27)30-3)13-20(26)29-2/h5-14,24H,4H2,1-3H3/b18-13+. The molecular formula is C23H22N2O6. The van der Waals surface area contributed by atoms with E-state index in [1.807, 2.05) is 41.1 Å². The van der Waals surface area contributed by atoms with Gasteiger partial charge in [-0.05, 0) is 36.8 Å². The van der Waals surface area contributed by atoms with Crippen molar-refractivity contribution < 1.29 is 28.6 Å². The first-order valence-electron chi connectivity index (χ1n) is 9.50. The molecule has 0 aliphatic carbocycles. The van der Waals surface area contributed by atoms with Gasteiger partial charge < -0.3 is 23.9 Å². The Balaban J connectivity index is 2.05. The molecule has 0 amide bonds. The summed E-state index contributed by atoms with van der Waals surface area (Å²) >= 11 is 0. The zero-order chi connectivity index (χ0) is 22.4. The van der Waals surface area contributed by atoms with Gasteiger partial charge in [-0.2, -0.15) is 0 Å². The fraction of sp³-hybridized carbons (Fsp3) is 0.174. The molecule has 0 atom stereocenters. The molecule has 160 valence electrons. The van der Waals surface area contributed by atoms with Crippen molar-refractivity contribution in [1.82, 2.24) is 4.40 Å². The van der Waals surface area contributed by atoms with Gasteiger partial charge in [0, 0.05) is 23.6 Å². The van der Waals surface area contributed by atoms with E-state index in [-0.39, 0.29) is 12.3 Å². The van der Waals surface area contributed by atoms with Gasteiger partial charge in [0.15, 0.2) is 0 Å². The van der Waals surface area contributed by atoms with E-state index in [1.54, 1.807) is 25.1 Å². The van der Waals surface area contributed by atoms with Crippen LogP contribution >= 0.6 is 0 Å². The summed E-state index contributed by atoms with van der Waals surface area (Å²) in [5.74, 6) is -1.85. The Morgan fingerprint density at radius 2 is 1.87 bits per heavy atom. The van der Waals surface area contributed by atoms with Crippen LogP contribution in [0, 0.1) is 0 Å². The number of methoxy groups -OCH3 is 2. The van der Waals surface area contributed by atoms with E-state index in [0.29, 0.717) is 16.8 Å². The van der Waals surface area contributed by atoms with Gasteiger partial charge in [-0.1, -0.05) is 18.2 Å². The second-order valence-electron chi connectivity index (χ2n) is 6.41. The van der Waals surface area contributed by atoms with Gasteiger partial charge in [0.05, 0.1) is 38.0 Å².